The summed E-state index contributed by atoms with van der Waals surface area (Å²) >= 11 is 0. The monoisotopic (exact) mass is 324 g/mol. The van der Waals surface area contributed by atoms with Crippen molar-refractivity contribution in [1.82, 2.24) is 20.2 Å². The van der Waals surface area contributed by atoms with Crippen LogP contribution >= 0.6 is 0 Å². The number of carbonyl (C=O) groups is 1. The Labute approximate surface area is 143 Å². The average molecular weight is 324 g/mol. The lowest BCUT2D eigenvalue weighted by molar-refractivity contribution is 0.0945. The number of aryl methyl sites for hydroxylation is 2. The molecule has 5 heteroatoms. The van der Waals surface area contributed by atoms with Crippen molar-refractivity contribution >= 4 is 5.91 Å². The van der Waals surface area contributed by atoms with Gasteiger partial charge >= 0.3 is 0 Å². The Morgan fingerprint density at radius 3 is 2.62 bits per heavy atom. The van der Waals surface area contributed by atoms with Crippen molar-refractivity contribution < 1.29 is 4.79 Å². The molecule has 1 amide bonds. The van der Waals surface area contributed by atoms with E-state index >= 15 is 0 Å². The molecule has 1 aromatic carbocycles. The fraction of sp³-hybridized carbons (Fsp3) is 0.421. The Morgan fingerprint density at radius 1 is 1.12 bits per heavy atom. The highest BCUT2D eigenvalue weighted by molar-refractivity contribution is 5.92. The molecule has 1 aromatic heterocycles. The third-order valence-electron chi connectivity index (χ3n) is 4.25. The molecule has 1 aliphatic heterocycles. The Bertz CT molecular complexity index is 703. The van der Waals surface area contributed by atoms with Crippen molar-refractivity contribution in [2.75, 3.05) is 13.1 Å². The van der Waals surface area contributed by atoms with Crippen LogP contribution in [0.1, 0.15) is 46.0 Å². The maximum absolute atomic E-state index is 12.3. The van der Waals surface area contributed by atoms with E-state index in [0.29, 0.717) is 18.1 Å². The van der Waals surface area contributed by atoms with Gasteiger partial charge in [-0.05, 0) is 57.0 Å². The minimum absolute atomic E-state index is 0.159. The molecular formula is C19H24N4O. The molecule has 0 radical (unpaired) electrons. The second-order valence-corrected chi connectivity index (χ2v) is 6.43. The normalized spacial score (nSPS) is 14.8. The van der Waals surface area contributed by atoms with Crippen LogP contribution in [0, 0.1) is 13.8 Å². The highest BCUT2D eigenvalue weighted by Gasteiger charge is 2.12. The van der Waals surface area contributed by atoms with Gasteiger partial charge in [0.05, 0.1) is 0 Å². The molecule has 0 aliphatic carbocycles. The number of hydrogen-bond acceptors (Lipinski definition) is 4. The second-order valence-electron chi connectivity index (χ2n) is 6.43. The number of nitrogens with one attached hydrogen (secondary N) is 1. The lowest BCUT2D eigenvalue weighted by Crippen LogP contribution is -2.24. The summed E-state index contributed by atoms with van der Waals surface area (Å²) in [5.41, 5.74) is 3.65. The van der Waals surface area contributed by atoms with Crippen LogP contribution in [0.2, 0.25) is 0 Å². The number of likely N-dealkylation sites (tertiary alicyclic amines) is 1. The van der Waals surface area contributed by atoms with Gasteiger partial charge in [0, 0.05) is 18.8 Å². The predicted molar refractivity (Wildman–Crippen MR) is 93.6 cm³/mol. The summed E-state index contributed by atoms with van der Waals surface area (Å²) in [5, 5.41) is 2.95. The van der Waals surface area contributed by atoms with Crippen LogP contribution in [0.3, 0.4) is 0 Å². The molecule has 126 valence electrons. The topological polar surface area (TPSA) is 58.1 Å². The van der Waals surface area contributed by atoms with Crippen molar-refractivity contribution in [3.63, 3.8) is 0 Å². The lowest BCUT2D eigenvalue weighted by atomic mass is 10.1. The first kappa shape index (κ1) is 16.6. The molecule has 2 heterocycles. The zero-order chi connectivity index (χ0) is 16.9. The molecule has 0 unspecified atom stereocenters. The van der Waals surface area contributed by atoms with E-state index in [1.54, 1.807) is 13.0 Å². The van der Waals surface area contributed by atoms with Gasteiger partial charge in [0.15, 0.2) is 0 Å². The summed E-state index contributed by atoms with van der Waals surface area (Å²) < 4.78 is 0. The summed E-state index contributed by atoms with van der Waals surface area (Å²) in [5.74, 6) is 0.460. The van der Waals surface area contributed by atoms with Crippen LogP contribution in [0.5, 0.6) is 0 Å². The van der Waals surface area contributed by atoms with Gasteiger partial charge < -0.3 is 5.32 Å². The summed E-state index contributed by atoms with van der Waals surface area (Å²) in [6.07, 6.45) is 2.60. The number of hydrogen-bond donors (Lipinski definition) is 1. The molecular weight excluding hydrogens is 300 g/mol. The van der Waals surface area contributed by atoms with Crippen LogP contribution < -0.4 is 5.32 Å². The number of carbonyl (C=O) groups excluding carboxylic acids is 1. The van der Waals surface area contributed by atoms with Gasteiger partial charge in [-0.15, -0.1) is 0 Å². The number of aromatic nitrogens is 2. The summed E-state index contributed by atoms with van der Waals surface area (Å²) in [4.78, 5) is 23.2. The molecule has 0 atom stereocenters. The van der Waals surface area contributed by atoms with Gasteiger partial charge in [-0.2, -0.15) is 0 Å². The number of amides is 1. The minimum atomic E-state index is -0.159. The largest absolute Gasteiger partial charge is 0.347 e. The number of rotatable bonds is 5. The maximum Gasteiger partial charge on any atom is 0.270 e. The molecule has 0 bridgehead atoms. The van der Waals surface area contributed by atoms with Crippen molar-refractivity contribution in [2.45, 2.75) is 39.8 Å². The Hall–Kier alpha value is -2.27. The molecule has 1 saturated heterocycles. The Kier molecular flexibility index (Phi) is 5.20. The molecule has 1 aliphatic rings. The molecule has 1 fully saturated rings. The van der Waals surface area contributed by atoms with Crippen molar-refractivity contribution in [2.24, 2.45) is 0 Å². The van der Waals surface area contributed by atoms with E-state index < -0.39 is 0 Å². The minimum Gasteiger partial charge on any atom is -0.347 e. The van der Waals surface area contributed by atoms with E-state index in [9.17, 15) is 4.79 Å². The summed E-state index contributed by atoms with van der Waals surface area (Å²) in [6.45, 7) is 7.54. The van der Waals surface area contributed by atoms with E-state index in [1.807, 2.05) is 13.0 Å². The van der Waals surface area contributed by atoms with E-state index in [-0.39, 0.29) is 5.91 Å². The average Bonchev–Trinajstić information content (AvgIpc) is 3.05. The van der Waals surface area contributed by atoms with Crippen molar-refractivity contribution in [3.8, 4) is 0 Å². The molecule has 0 saturated carbocycles. The molecule has 2 aromatic rings. The second kappa shape index (κ2) is 7.53. The SMILES string of the molecule is Cc1cc(C(=O)NCc2cccc(CN3CCCC3)c2)nc(C)n1. The summed E-state index contributed by atoms with van der Waals surface area (Å²) in [6, 6.07) is 10.2. The van der Waals surface area contributed by atoms with E-state index in [4.69, 9.17) is 0 Å². The van der Waals surface area contributed by atoms with Gasteiger partial charge in [0.1, 0.15) is 11.5 Å². The summed E-state index contributed by atoms with van der Waals surface area (Å²) in [7, 11) is 0. The Balaban J connectivity index is 1.60. The lowest BCUT2D eigenvalue weighted by Gasteiger charge is -2.15. The quantitative estimate of drug-likeness (QED) is 0.918. The fourth-order valence-corrected chi connectivity index (χ4v) is 3.14. The van der Waals surface area contributed by atoms with Crippen LogP contribution in [0.15, 0.2) is 30.3 Å². The third kappa shape index (κ3) is 4.38. The van der Waals surface area contributed by atoms with Crippen molar-refractivity contribution in [3.05, 3.63) is 58.7 Å². The third-order valence-corrected chi connectivity index (χ3v) is 4.25. The van der Waals surface area contributed by atoms with Crippen LogP contribution in [-0.4, -0.2) is 33.9 Å². The van der Waals surface area contributed by atoms with Crippen LogP contribution in [-0.2, 0) is 13.1 Å². The molecule has 0 spiro atoms. The zero-order valence-corrected chi connectivity index (χ0v) is 14.4. The van der Waals surface area contributed by atoms with Crippen LogP contribution in [0.4, 0.5) is 0 Å². The van der Waals surface area contributed by atoms with Crippen LogP contribution in [0.25, 0.3) is 0 Å². The first-order valence-electron chi connectivity index (χ1n) is 8.51. The van der Waals surface area contributed by atoms with Gasteiger partial charge in [-0.3, -0.25) is 9.69 Å². The highest BCUT2D eigenvalue weighted by Crippen LogP contribution is 2.14. The smallest absolute Gasteiger partial charge is 0.270 e. The van der Waals surface area contributed by atoms with Gasteiger partial charge in [0.2, 0.25) is 0 Å². The fourth-order valence-electron chi connectivity index (χ4n) is 3.14. The standard InChI is InChI=1S/C19H24N4O/c1-14-10-18(22-15(2)21-14)19(24)20-12-16-6-5-7-17(11-16)13-23-8-3-4-9-23/h5-7,10-11H,3-4,8-9,12-13H2,1-2H3,(H,20,24). The van der Waals surface area contributed by atoms with Gasteiger partial charge in [-0.25, -0.2) is 9.97 Å². The molecule has 3 rings (SSSR count). The predicted octanol–water partition coefficient (Wildman–Crippen LogP) is 2.62. The van der Waals surface area contributed by atoms with E-state index in [2.05, 4.69) is 38.4 Å². The molecule has 24 heavy (non-hydrogen) atoms. The van der Waals surface area contributed by atoms with E-state index in [0.717, 1.165) is 17.8 Å². The maximum atomic E-state index is 12.3. The molecule has 1 N–H and O–H groups in total. The van der Waals surface area contributed by atoms with E-state index in [1.165, 1.54) is 31.5 Å². The number of benzene rings is 1. The zero-order valence-electron chi connectivity index (χ0n) is 14.4. The Morgan fingerprint density at radius 2 is 1.88 bits per heavy atom. The molecule has 5 nitrogen and oxygen atoms in total. The highest BCUT2D eigenvalue weighted by atomic mass is 16.1. The van der Waals surface area contributed by atoms with Gasteiger partial charge in [0.25, 0.3) is 5.91 Å². The number of nitrogens with zero attached hydrogens (tertiary/aromatic N) is 3. The van der Waals surface area contributed by atoms with Crippen molar-refractivity contribution in [1.29, 1.82) is 0 Å². The first-order valence-corrected chi connectivity index (χ1v) is 8.51. The van der Waals surface area contributed by atoms with Gasteiger partial charge in [-0.1, -0.05) is 24.3 Å². The first-order chi connectivity index (χ1) is 11.6.